The van der Waals surface area contributed by atoms with Crippen molar-refractivity contribution in [2.75, 3.05) is 0 Å². The van der Waals surface area contributed by atoms with Crippen LogP contribution in [0.1, 0.15) is 29.4 Å². The van der Waals surface area contributed by atoms with Crippen LogP contribution in [0.25, 0.3) is 10.8 Å². The van der Waals surface area contributed by atoms with Gasteiger partial charge in [-0.2, -0.15) is 0 Å². The van der Waals surface area contributed by atoms with Crippen LogP contribution in [0.3, 0.4) is 0 Å². The highest BCUT2D eigenvalue weighted by Gasteiger charge is 2.13. The third kappa shape index (κ3) is 4.32. The zero-order valence-electron chi connectivity index (χ0n) is 17.4. The van der Waals surface area contributed by atoms with Crippen molar-refractivity contribution in [1.29, 1.82) is 0 Å². The van der Waals surface area contributed by atoms with Crippen molar-refractivity contribution in [2.45, 2.75) is 44.8 Å². The number of thioether (sulfide) groups is 1. The maximum Gasteiger partial charge on any atom is 0.191 e. The summed E-state index contributed by atoms with van der Waals surface area (Å²) in [6, 6.07) is 18.8. The lowest BCUT2D eigenvalue weighted by Gasteiger charge is -2.11. The van der Waals surface area contributed by atoms with Crippen molar-refractivity contribution < 1.29 is 4.74 Å². The Bertz CT molecular complexity index is 1160. The molecule has 1 heterocycles. The fourth-order valence-corrected chi connectivity index (χ4v) is 4.68. The molecule has 1 aromatic heterocycles. The largest absolute Gasteiger partial charge is 0.486 e. The summed E-state index contributed by atoms with van der Waals surface area (Å²) in [6.45, 7) is 7.24. The van der Waals surface area contributed by atoms with E-state index in [0.717, 1.165) is 45.2 Å². The van der Waals surface area contributed by atoms with Crippen LogP contribution in [-0.2, 0) is 18.9 Å². The summed E-state index contributed by atoms with van der Waals surface area (Å²) >= 11 is 7.96. The number of fused-ring (bicyclic) bond motifs is 1. The van der Waals surface area contributed by atoms with E-state index in [9.17, 15) is 0 Å². The van der Waals surface area contributed by atoms with Gasteiger partial charge in [0.2, 0.25) is 0 Å². The number of aromatic nitrogens is 3. The number of hydrogen-bond acceptors (Lipinski definition) is 4. The van der Waals surface area contributed by atoms with Crippen LogP contribution >= 0.6 is 23.4 Å². The van der Waals surface area contributed by atoms with Gasteiger partial charge in [0.15, 0.2) is 11.0 Å². The third-order valence-electron chi connectivity index (χ3n) is 5.12. The molecular weight excluding hydrogens is 414 g/mol. The van der Waals surface area contributed by atoms with E-state index in [-0.39, 0.29) is 0 Å². The molecule has 3 aromatic carbocycles. The Morgan fingerprint density at radius 2 is 1.73 bits per heavy atom. The monoisotopic (exact) mass is 437 g/mol. The quantitative estimate of drug-likeness (QED) is 0.305. The highest BCUT2D eigenvalue weighted by molar-refractivity contribution is 7.98. The second kappa shape index (κ2) is 9.11. The zero-order valence-corrected chi connectivity index (χ0v) is 18.9. The molecule has 0 amide bonds. The fraction of sp³-hybridized carbons (Fsp3) is 0.250. The summed E-state index contributed by atoms with van der Waals surface area (Å²) < 4.78 is 8.11. The number of hydrogen-bond donors (Lipinski definition) is 0. The first-order valence-electron chi connectivity index (χ1n) is 9.98. The van der Waals surface area contributed by atoms with E-state index >= 15 is 0 Å². The lowest BCUT2D eigenvalue weighted by molar-refractivity contribution is 0.288. The fourth-order valence-electron chi connectivity index (χ4n) is 3.55. The van der Waals surface area contributed by atoms with Crippen LogP contribution in [0, 0.1) is 13.8 Å². The predicted octanol–water partition coefficient (Wildman–Crippen LogP) is 6.59. The molecular formula is C24H24ClN3OS. The molecule has 4 aromatic rings. The molecule has 30 heavy (non-hydrogen) atoms. The Hall–Kier alpha value is -2.50. The minimum Gasteiger partial charge on any atom is -0.486 e. The highest BCUT2D eigenvalue weighted by Crippen LogP contribution is 2.28. The minimum absolute atomic E-state index is 0.371. The molecule has 0 bridgehead atoms. The topological polar surface area (TPSA) is 39.9 Å². The van der Waals surface area contributed by atoms with E-state index in [2.05, 4.69) is 64.2 Å². The Morgan fingerprint density at radius 1 is 1.00 bits per heavy atom. The first kappa shape index (κ1) is 20.8. The molecule has 4 nitrogen and oxygen atoms in total. The molecule has 154 valence electrons. The van der Waals surface area contributed by atoms with E-state index in [1.807, 2.05) is 26.0 Å². The van der Waals surface area contributed by atoms with Gasteiger partial charge in [-0.1, -0.05) is 65.8 Å². The van der Waals surface area contributed by atoms with E-state index in [4.69, 9.17) is 16.3 Å². The van der Waals surface area contributed by atoms with Crippen molar-refractivity contribution in [1.82, 2.24) is 14.8 Å². The molecule has 0 saturated heterocycles. The highest BCUT2D eigenvalue weighted by atomic mass is 35.5. The molecule has 0 atom stereocenters. The van der Waals surface area contributed by atoms with Crippen LogP contribution in [0.2, 0.25) is 5.02 Å². The maximum atomic E-state index is 6.25. The van der Waals surface area contributed by atoms with Crippen LogP contribution in [-0.4, -0.2) is 14.8 Å². The number of ether oxygens (including phenoxy) is 1. The molecule has 0 aliphatic rings. The SMILES string of the molecule is CCn1c(COc2cc(C)c(Cl)c(C)c2)nnc1SCc1cccc2ccccc12. The molecule has 0 spiro atoms. The van der Waals surface area contributed by atoms with Gasteiger partial charge in [0, 0.05) is 17.3 Å². The van der Waals surface area contributed by atoms with Crippen LogP contribution in [0.5, 0.6) is 5.75 Å². The zero-order chi connectivity index (χ0) is 21.1. The van der Waals surface area contributed by atoms with Gasteiger partial charge in [-0.25, -0.2) is 0 Å². The molecule has 0 N–H and O–H groups in total. The number of nitrogens with zero attached hydrogens (tertiary/aromatic N) is 3. The first-order chi connectivity index (χ1) is 14.6. The number of rotatable bonds is 7. The Labute approximate surface area is 186 Å². The summed E-state index contributed by atoms with van der Waals surface area (Å²) in [5.74, 6) is 2.46. The second-order valence-corrected chi connectivity index (χ2v) is 8.55. The van der Waals surface area contributed by atoms with Crippen molar-refractivity contribution in [3.63, 3.8) is 0 Å². The van der Waals surface area contributed by atoms with Gasteiger partial charge in [-0.15, -0.1) is 10.2 Å². The van der Waals surface area contributed by atoms with Gasteiger partial charge in [-0.3, -0.25) is 0 Å². The van der Waals surface area contributed by atoms with Gasteiger partial charge >= 0.3 is 0 Å². The lowest BCUT2D eigenvalue weighted by Crippen LogP contribution is -2.07. The summed E-state index contributed by atoms with van der Waals surface area (Å²) in [7, 11) is 0. The molecule has 0 saturated carbocycles. The standard InChI is InChI=1S/C24H24ClN3OS/c1-4-28-22(14-29-20-12-16(2)23(25)17(3)13-20)26-27-24(28)30-15-19-10-7-9-18-8-5-6-11-21(18)19/h5-13H,4,14-15H2,1-3H3. The Kier molecular flexibility index (Phi) is 6.30. The lowest BCUT2D eigenvalue weighted by atomic mass is 10.1. The van der Waals surface area contributed by atoms with E-state index in [1.165, 1.54) is 16.3 Å². The smallest absolute Gasteiger partial charge is 0.191 e. The molecule has 0 aliphatic heterocycles. The van der Waals surface area contributed by atoms with Crippen molar-refractivity contribution in [2.24, 2.45) is 0 Å². The van der Waals surface area contributed by atoms with Crippen molar-refractivity contribution >= 4 is 34.1 Å². The summed E-state index contributed by atoms with van der Waals surface area (Å²) in [6.07, 6.45) is 0. The van der Waals surface area contributed by atoms with E-state index in [1.54, 1.807) is 11.8 Å². The van der Waals surface area contributed by atoms with Gasteiger partial charge in [0.25, 0.3) is 0 Å². The maximum absolute atomic E-state index is 6.25. The number of benzene rings is 3. The Balaban J connectivity index is 1.48. The first-order valence-corrected chi connectivity index (χ1v) is 11.3. The van der Waals surface area contributed by atoms with Gasteiger partial charge in [-0.05, 0) is 60.4 Å². The second-order valence-electron chi connectivity index (χ2n) is 7.23. The number of halogens is 1. The van der Waals surface area contributed by atoms with E-state index in [0.29, 0.717) is 6.61 Å². The molecule has 0 aliphatic carbocycles. The van der Waals surface area contributed by atoms with Crippen molar-refractivity contribution in [3.05, 3.63) is 82.1 Å². The molecule has 0 unspecified atom stereocenters. The van der Waals surface area contributed by atoms with Crippen LogP contribution in [0.4, 0.5) is 0 Å². The predicted molar refractivity (Wildman–Crippen MR) is 124 cm³/mol. The van der Waals surface area contributed by atoms with Gasteiger partial charge in [0.05, 0.1) is 0 Å². The third-order valence-corrected chi connectivity index (χ3v) is 6.74. The molecule has 6 heteroatoms. The molecule has 4 rings (SSSR count). The van der Waals surface area contributed by atoms with E-state index < -0.39 is 0 Å². The summed E-state index contributed by atoms with van der Waals surface area (Å²) in [5.41, 5.74) is 3.32. The normalized spacial score (nSPS) is 11.2. The number of aryl methyl sites for hydroxylation is 2. The van der Waals surface area contributed by atoms with Crippen molar-refractivity contribution in [3.8, 4) is 5.75 Å². The van der Waals surface area contributed by atoms with Crippen LogP contribution < -0.4 is 4.74 Å². The van der Waals surface area contributed by atoms with Gasteiger partial charge < -0.3 is 9.30 Å². The van der Waals surface area contributed by atoms with Crippen LogP contribution in [0.15, 0.2) is 59.8 Å². The minimum atomic E-state index is 0.371. The van der Waals surface area contributed by atoms with Gasteiger partial charge in [0.1, 0.15) is 12.4 Å². The molecule has 0 fully saturated rings. The summed E-state index contributed by atoms with van der Waals surface area (Å²) in [4.78, 5) is 0. The average molecular weight is 438 g/mol. The summed E-state index contributed by atoms with van der Waals surface area (Å²) in [5, 5.41) is 13.0. The Morgan fingerprint density at radius 3 is 2.50 bits per heavy atom. The molecule has 0 radical (unpaired) electrons. The average Bonchev–Trinajstić information content (AvgIpc) is 3.16.